The Morgan fingerprint density at radius 1 is 1.18 bits per heavy atom. The van der Waals surface area contributed by atoms with Gasteiger partial charge in [0.05, 0.1) is 22.9 Å². The van der Waals surface area contributed by atoms with E-state index in [1.165, 1.54) is 12.1 Å². The monoisotopic (exact) mass is 401 g/mol. The number of halogens is 1. The lowest BCUT2D eigenvalue weighted by atomic mass is 9.98. The van der Waals surface area contributed by atoms with Crippen LogP contribution in [0.1, 0.15) is 25.3 Å². The van der Waals surface area contributed by atoms with Crippen LogP contribution in [-0.4, -0.2) is 31.7 Å². The van der Waals surface area contributed by atoms with Gasteiger partial charge in [0.2, 0.25) is 15.9 Å². The Labute approximate surface area is 163 Å². The van der Waals surface area contributed by atoms with Crippen LogP contribution in [0, 0.1) is 17.1 Å². The van der Waals surface area contributed by atoms with Crippen LogP contribution in [0.2, 0.25) is 0 Å². The molecule has 6 nitrogen and oxygen atoms in total. The minimum absolute atomic E-state index is 0.0702. The second kappa shape index (κ2) is 7.70. The Morgan fingerprint density at radius 2 is 1.79 bits per heavy atom. The van der Waals surface area contributed by atoms with E-state index in [9.17, 15) is 22.9 Å². The molecule has 0 atom stereocenters. The zero-order valence-electron chi connectivity index (χ0n) is 15.4. The van der Waals surface area contributed by atoms with Gasteiger partial charge in [0.25, 0.3) is 0 Å². The van der Waals surface area contributed by atoms with Gasteiger partial charge in [0, 0.05) is 12.2 Å². The third-order valence-electron chi connectivity index (χ3n) is 4.81. The molecule has 1 amide bonds. The molecule has 0 radical (unpaired) electrons. The first-order valence-corrected chi connectivity index (χ1v) is 10.3. The molecule has 1 fully saturated rings. The van der Waals surface area contributed by atoms with Gasteiger partial charge in [-0.15, -0.1) is 0 Å². The Bertz CT molecular complexity index is 1010. The maximum Gasteiger partial charge on any atom is 0.243 e. The van der Waals surface area contributed by atoms with Crippen molar-refractivity contribution in [2.24, 2.45) is 0 Å². The summed E-state index contributed by atoms with van der Waals surface area (Å²) in [4.78, 5) is 12.3. The van der Waals surface area contributed by atoms with E-state index in [0.29, 0.717) is 5.69 Å². The topological polar surface area (TPSA) is 90.3 Å². The number of amides is 1. The number of nitrogens with zero attached hydrogens (tertiary/aromatic N) is 2. The second-order valence-electron chi connectivity index (χ2n) is 6.70. The third kappa shape index (κ3) is 4.06. The third-order valence-corrected chi connectivity index (χ3v) is 6.74. The number of likely N-dealkylation sites (N-methyl/N-ethyl adjacent to an activating group) is 1. The van der Waals surface area contributed by atoms with Crippen molar-refractivity contribution in [1.82, 2.24) is 4.31 Å². The maximum atomic E-state index is 13.0. The van der Waals surface area contributed by atoms with E-state index in [0.717, 1.165) is 34.8 Å². The van der Waals surface area contributed by atoms with E-state index in [1.807, 2.05) is 0 Å². The van der Waals surface area contributed by atoms with Crippen LogP contribution in [0.25, 0.3) is 0 Å². The van der Waals surface area contributed by atoms with Crippen molar-refractivity contribution < 1.29 is 17.6 Å². The molecule has 0 aromatic heterocycles. The van der Waals surface area contributed by atoms with Gasteiger partial charge in [-0.25, -0.2) is 12.8 Å². The first kappa shape index (κ1) is 20.0. The number of rotatable bonds is 7. The summed E-state index contributed by atoms with van der Waals surface area (Å²) in [5.74, 6) is -1.02. The lowest BCUT2D eigenvalue weighted by Crippen LogP contribution is -2.37. The molecule has 1 N–H and O–H groups in total. The van der Waals surface area contributed by atoms with Crippen LogP contribution >= 0.6 is 0 Å². The fourth-order valence-electron chi connectivity index (χ4n) is 2.95. The van der Waals surface area contributed by atoms with Crippen molar-refractivity contribution in [3.05, 3.63) is 59.9 Å². The highest BCUT2D eigenvalue weighted by molar-refractivity contribution is 7.89. The molecule has 1 aliphatic carbocycles. The zero-order valence-corrected chi connectivity index (χ0v) is 16.2. The molecule has 2 aromatic rings. The van der Waals surface area contributed by atoms with E-state index in [2.05, 4.69) is 11.4 Å². The molecule has 0 unspecified atom stereocenters. The summed E-state index contributed by atoms with van der Waals surface area (Å²) in [7, 11) is -3.91. The van der Waals surface area contributed by atoms with Gasteiger partial charge < -0.3 is 5.32 Å². The van der Waals surface area contributed by atoms with Crippen molar-refractivity contribution >= 4 is 21.6 Å². The van der Waals surface area contributed by atoms with Gasteiger partial charge in [0.1, 0.15) is 5.82 Å². The summed E-state index contributed by atoms with van der Waals surface area (Å²) in [6.45, 7) is 1.36. The number of anilines is 1. The number of benzene rings is 2. The number of sulfonamides is 1. The van der Waals surface area contributed by atoms with E-state index < -0.39 is 27.2 Å². The molecule has 28 heavy (non-hydrogen) atoms. The maximum absolute atomic E-state index is 13.0. The highest BCUT2D eigenvalue weighted by Gasteiger charge is 2.44. The average molecular weight is 401 g/mol. The summed E-state index contributed by atoms with van der Waals surface area (Å²) in [5, 5.41) is 11.9. The second-order valence-corrected chi connectivity index (χ2v) is 8.64. The van der Waals surface area contributed by atoms with Crippen LogP contribution in [0.3, 0.4) is 0 Å². The van der Waals surface area contributed by atoms with Gasteiger partial charge in [-0.2, -0.15) is 9.57 Å². The number of nitrogens with one attached hydrogen (secondary N) is 1. The standard InChI is InChI=1S/C20H20FN3O3S/c1-2-24(28(26,27)18-9-5-16(21)6-10-18)13-19(25)23-17-7-3-15(4-8-17)20(14-22)11-12-20/h3-10H,2,11-13H2,1H3,(H,23,25). The highest BCUT2D eigenvalue weighted by Crippen LogP contribution is 2.47. The number of carbonyl (C=O) groups is 1. The molecule has 0 bridgehead atoms. The van der Waals surface area contributed by atoms with Crippen molar-refractivity contribution in [3.8, 4) is 6.07 Å². The Kier molecular flexibility index (Phi) is 5.49. The lowest BCUT2D eigenvalue weighted by Gasteiger charge is -2.20. The van der Waals surface area contributed by atoms with Gasteiger partial charge in [0.15, 0.2) is 0 Å². The molecule has 3 rings (SSSR count). The average Bonchev–Trinajstić information content (AvgIpc) is 3.48. The number of nitriles is 1. The molecule has 1 saturated carbocycles. The summed E-state index contributed by atoms with van der Waals surface area (Å²) in [6, 6.07) is 13.8. The zero-order chi connectivity index (χ0) is 20.4. The Morgan fingerprint density at radius 3 is 2.29 bits per heavy atom. The van der Waals surface area contributed by atoms with Gasteiger partial charge in [-0.05, 0) is 54.8 Å². The highest BCUT2D eigenvalue weighted by atomic mass is 32.2. The molecule has 2 aromatic carbocycles. The van der Waals surface area contributed by atoms with E-state index in [-0.39, 0.29) is 18.0 Å². The van der Waals surface area contributed by atoms with E-state index >= 15 is 0 Å². The van der Waals surface area contributed by atoms with Crippen molar-refractivity contribution in [1.29, 1.82) is 5.26 Å². The van der Waals surface area contributed by atoms with Crippen LogP contribution < -0.4 is 5.32 Å². The molecule has 146 valence electrons. The summed E-state index contributed by atoms with van der Waals surface area (Å²) >= 11 is 0. The SMILES string of the molecule is CCN(CC(=O)Nc1ccc(C2(C#N)CC2)cc1)S(=O)(=O)c1ccc(F)cc1. The predicted molar refractivity (Wildman–Crippen MR) is 102 cm³/mol. The minimum Gasteiger partial charge on any atom is -0.325 e. The molecule has 0 heterocycles. The van der Waals surface area contributed by atoms with Crippen LogP contribution in [0.15, 0.2) is 53.4 Å². The van der Waals surface area contributed by atoms with Crippen LogP contribution in [0.5, 0.6) is 0 Å². The predicted octanol–water partition coefficient (Wildman–Crippen LogP) is 3.03. The Balaban J connectivity index is 1.67. The van der Waals surface area contributed by atoms with Crippen molar-refractivity contribution in [2.45, 2.75) is 30.1 Å². The van der Waals surface area contributed by atoms with Gasteiger partial charge >= 0.3 is 0 Å². The smallest absolute Gasteiger partial charge is 0.243 e. The molecule has 0 spiro atoms. The lowest BCUT2D eigenvalue weighted by molar-refractivity contribution is -0.116. The molecular weight excluding hydrogens is 381 g/mol. The quantitative estimate of drug-likeness (QED) is 0.772. The minimum atomic E-state index is -3.91. The number of hydrogen-bond donors (Lipinski definition) is 1. The normalized spacial score (nSPS) is 15.1. The van der Waals surface area contributed by atoms with E-state index in [4.69, 9.17) is 0 Å². The summed E-state index contributed by atoms with van der Waals surface area (Å²) in [6.07, 6.45) is 1.67. The first-order chi connectivity index (χ1) is 13.3. The molecule has 0 aliphatic heterocycles. The van der Waals surface area contributed by atoms with Crippen molar-refractivity contribution in [2.75, 3.05) is 18.4 Å². The molecular formula is C20H20FN3O3S. The Hall–Kier alpha value is -2.76. The van der Waals surface area contributed by atoms with Crippen LogP contribution in [-0.2, 0) is 20.2 Å². The van der Waals surface area contributed by atoms with Gasteiger partial charge in [-0.3, -0.25) is 4.79 Å². The fraction of sp³-hybridized carbons (Fsp3) is 0.300. The summed E-state index contributed by atoms with van der Waals surface area (Å²) in [5.41, 5.74) is 1.05. The largest absolute Gasteiger partial charge is 0.325 e. The summed E-state index contributed by atoms with van der Waals surface area (Å²) < 4.78 is 39.4. The fourth-order valence-corrected chi connectivity index (χ4v) is 4.35. The molecule has 1 aliphatic rings. The first-order valence-electron chi connectivity index (χ1n) is 8.88. The van der Waals surface area contributed by atoms with Crippen LogP contribution in [0.4, 0.5) is 10.1 Å². The number of hydrogen-bond acceptors (Lipinski definition) is 4. The molecule has 0 saturated heterocycles. The van der Waals surface area contributed by atoms with Crippen molar-refractivity contribution in [3.63, 3.8) is 0 Å². The van der Waals surface area contributed by atoms with Gasteiger partial charge in [-0.1, -0.05) is 19.1 Å². The molecule has 8 heteroatoms. The van der Waals surface area contributed by atoms with E-state index in [1.54, 1.807) is 31.2 Å². The number of carbonyl (C=O) groups excluding carboxylic acids is 1.